The van der Waals surface area contributed by atoms with Crippen LogP contribution in [0.1, 0.15) is 36.6 Å². The molecular formula is C23H31N3O4S. The van der Waals surface area contributed by atoms with E-state index in [-0.39, 0.29) is 10.3 Å². The molecule has 2 aromatic rings. The lowest BCUT2D eigenvalue weighted by Gasteiger charge is -2.34. The number of methoxy groups -OCH3 is 1. The summed E-state index contributed by atoms with van der Waals surface area (Å²) in [4.78, 5) is 7.07. The molecule has 1 aromatic heterocycles. The second kappa shape index (κ2) is 8.76. The Morgan fingerprint density at radius 3 is 2.48 bits per heavy atom. The minimum absolute atomic E-state index is 0.0191. The van der Waals surface area contributed by atoms with Crippen LogP contribution < -0.4 is 9.46 Å². The molecule has 0 bridgehead atoms. The summed E-state index contributed by atoms with van der Waals surface area (Å²) in [6.07, 6.45) is 3.52. The molecule has 3 heterocycles. The Labute approximate surface area is 184 Å². The van der Waals surface area contributed by atoms with Gasteiger partial charge in [0, 0.05) is 38.4 Å². The van der Waals surface area contributed by atoms with Gasteiger partial charge in [-0.05, 0) is 61.1 Å². The maximum Gasteiger partial charge on any atom is 0.262 e. The molecule has 31 heavy (non-hydrogen) atoms. The van der Waals surface area contributed by atoms with Crippen molar-refractivity contribution in [2.24, 2.45) is 0 Å². The first kappa shape index (κ1) is 22.0. The van der Waals surface area contributed by atoms with Crippen LogP contribution in [0.5, 0.6) is 5.88 Å². The highest BCUT2D eigenvalue weighted by molar-refractivity contribution is 7.92. The molecule has 8 heteroatoms. The number of benzene rings is 1. The average Bonchev–Trinajstić information content (AvgIpc) is 2.95. The van der Waals surface area contributed by atoms with Crippen molar-refractivity contribution in [1.82, 2.24) is 9.88 Å². The lowest BCUT2D eigenvalue weighted by atomic mass is 9.76. The van der Waals surface area contributed by atoms with E-state index in [0.29, 0.717) is 11.6 Å². The van der Waals surface area contributed by atoms with E-state index in [1.54, 1.807) is 12.1 Å². The first-order valence-electron chi connectivity index (χ1n) is 10.8. The molecule has 0 radical (unpaired) electrons. The van der Waals surface area contributed by atoms with Gasteiger partial charge in [0.25, 0.3) is 10.0 Å². The lowest BCUT2D eigenvalue weighted by Crippen LogP contribution is -2.30. The van der Waals surface area contributed by atoms with Crippen LogP contribution in [0.15, 0.2) is 35.2 Å². The number of hydrogen-bond acceptors (Lipinski definition) is 6. The first-order valence-corrected chi connectivity index (χ1v) is 12.3. The van der Waals surface area contributed by atoms with Crippen LogP contribution in [0.3, 0.4) is 0 Å². The normalized spacial score (nSPS) is 19.3. The van der Waals surface area contributed by atoms with Gasteiger partial charge in [-0.1, -0.05) is 19.1 Å². The highest BCUT2D eigenvalue weighted by atomic mass is 32.2. The Morgan fingerprint density at radius 1 is 1.13 bits per heavy atom. The third kappa shape index (κ3) is 4.71. The molecule has 168 valence electrons. The molecule has 4 rings (SSSR count). The van der Waals surface area contributed by atoms with E-state index in [1.165, 1.54) is 7.11 Å². The molecule has 1 saturated heterocycles. The van der Waals surface area contributed by atoms with E-state index in [0.717, 1.165) is 68.8 Å². The smallest absolute Gasteiger partial charge is 0.262 e. The van der Waals surface area contributed by atoms with Crippen LogP contribution in [0.2, 0.25) is 0 Å². The maximum absolute atomic E-state index is 13.1. The van der Waals surface area contributed by atoms with Crippen molar-refractivity contribution >= 4 is 15.7 Å². The zero-order valence-electron chi connectivity index (χ0n) is 18.5. The second-order valence-electron chi connectivity index (χ2n) is 8.76. The molecule has 0 aliphatic carbocycles. The Balaban J connectivity index is 1.59. The predicted octanol–water partition coefficient (Wildman–Crippen LogP) is 2.99. The molecule has 0 saturated carbocycles. The van der Waals surface area contributed by atoms with Gasteiger partial charge in [-0.3, -0.25) is 4.72 Å². The molecule has 1 N–H and O–H groups in total. The van der Waals surface area contributed by atoms with Crippen LogP contribution in [0.4, 0.5) is 5.69 Å². The molecule has 0 amide bonds. The highest BCUT2D eigenvalue weighted by Gasteiger charge is 2.30. The molecule has 0 unspecified atom stereocenters. The molecule has 2 aliphatic heterocycles. The largest absolute Gasteiger partial charge is 0.479 e. The predicted molar refractivity (Wildman–Crippen MR) is 120 cm³/mol. The summed E-state index contributed by atoms with van der Waals surface area (Å²) in [5.41, 5.74) is 3.57. The number of ether oxygens (including phenoxy) is 2. The number of anilines is 1. The fourth-order valence-electron chi connectivity index (χ4n) is 4.31. The van der Waals surface area contributed by atoms with E-state index in [4.69, 9.17) is 9.47 Å². The molecule has 0 atom stereocenters. The van der Waals surface area contributed by atoms with Crippen molar-refractivity contribution in [3.05, 3.63) is 47.2 Å². The van der Waals surface area contributed by atoms with Gasteiger partial charge in [0.1, 0.15) is 5.69 Å². The zero-order valence-corrected chi connectivity index (χ0v) is 19.3. The average molecular weight is 446 g/mol. The number of rotatable bonds is 5. The Kier molecular flexibility index (Phi) is 6.23. The van der Waals surface area contributed by atoms with Crippen LogP contribution in [0.25, 0.3) is 0 Å². The van der Waals surface area contributed by atoms with Gasteiger partial charge in [-0.15, -0.1) is 0 Å². The number of likely N-dealkylation sites (N-methyl/N-ethyl adjacent to an activating group) is 1. The molecular weight excluding hydrogens is 414 g/mol. The van der Waals surface area contributed by atoms with Crippen molar-refractivity contribution in [3.8, 4) is 5.88 Å². The van der Waals surface area contributed by atoms with Crippen molar-refractivity contribution in [2.45, 2.75) is 42.9 Å². The highest BCUT2D eigenvalue weighted by Crippen LogP contribution is 2.35. The summed E-state index contributed by atoms with van der Waals surface area (Å²) in [5.74, 6) is 0.304. The topological polar surface area (TPSA) is 80.8 Å². The molecule has 0 spiro atoms. The Hall–Kier alpha value is -2.16. The Morgan fingerprint density at radius 2 is 1.81 bits per heavy atom. The van der Waals surface area contributed by atoms with Gasteiger partial charge in [0.15, 0.2) is 0 Å². The molecule has 1 aromatic carbocycles. The van der Waals surface area contributed by atoms with Crippen LogP contribution >= 0.6 is 0 Å². The van der Waals surface area contributed by atoms with E-state index < -0.39 is 10.0 Å². The number of aromatic nitrogens is 1. The van der Waals surface area contributed by atoms with Crippen LogP contribution in [0, 0.1) is 0 Å². The summed E-state index contributed by atoms with van der Waals surface area (Å²) in [7, 11) is -0.172. The summed E-state index contributed by atoms with van der Waals surface area (Å²) < 4.78 is 39.8. The van der Waals surface area contributed by atoms with Gasteiger partial charge in [-0.2, -0.15) is 0 Å². The number of hydrogen-bond donors (Lipinski definition) is 1. The number of fused-ring (bicyclic) bond motifs is 1. The number of sulfonamides is 1. The molecule has 7 nitrogen and oxygen atoms in total. The minimum atomic E-state index is -3.76. The third-order valence-corrected chi connectivity index (χ3v) is 7.93. The summed E-state index contributed by atoms with van der Waals surface area (Å²) in [6, 6.07) is 9.06. The fraction of sp³-hybridized carbons (Fsp3) is 0.522. The van der Waals surface area contributed by atoms with Gasteiger partial charge < -0.3 is 14.4 Å². The maximum atomic E-state index is 13.1. The molecule has 1 fully saturated rings. The third-order valence-electron chi connectivity index (χ3n) is 6.54. The summed E-state index contributed by atoms with van der Waals surface area (Å²) in [6.45, 7) is 5.52. The number of nitrogens with zero attached hydrogens (tertiary/aromatic N) is 2. The monoisotopic (exact) mass is 445 g/mol. The summed E-state index contributed by atoms with van der Waals surface area (Å²) >= 11 is 0. The quantitative estimate of drug-likeness (QED) is 0.762. The zero-order chi connectivity index (χ0) is 22.1. The lowest BCUT2D eigenvalue weighted by molar-refractivity contribution is 0.0564. The number of nitrogens with one attached hydrogen (secondary N) is 1. The van der Waals surface area contributed by atoms with Gasteiger partial charge in [-0.25, -0.2) is 13.4 Å². The van der Waals surface area contributed by atoms with E-state index >= 15 is 0 Å². The standard InChI is InChI=1S/C23H31N3O4S/c1-23(10-14-30-15-11-23)18-4-6-19(7-5-18)31(27,28)25-21-16-17-8-12-26(2)13-9-20(17)24-22(21)29-3/h4-7,16,25H,8-15H2,1-3H3. The summed E-state index contributed by atoms with van der Waals surface area (Å²) in [5, 5.41) is 0. The fourth-order valence-corrected chi connectivity index (χ4v) is 5.35. The van der Waals surface area contributed by atoms with Crippen molar-refractivity contribution in [1.29, 1.82) is 0 Å². The van der Waals surface area contributed by atoms with E-state index in [1.807, 2.05) is 18.2 Å². The first-order chi connectivity index (χ1) is 14.8. The van der Waals surface area contributed by atoms with Crippen molar-refractivity contribution in [3.63, 3.8) is 0 Å². The van der Waals surface area contributed by atoms with Crippen molar-refractivity contribution < 1.29 is 17.9 Å². The van der Waals surface area contributed by atoms with Gasteiger partial charge in [0.05, 0.1) is 12.0 Å². The SMILES string of the molecule is COc1nc2c(cc1NS(=O)(=O)c1ccc(C3(C)CCOCC3)cc1)CCN(C)CC2. The van der Waals surface area contributed by atoms with Gasteiger partial charge >= 0.3 is 0 Å². The molecule has 2 aliphatic rings. The van der Waals surface area contributed by atoms with E-state index in [9.17, 15) is 8.42 Å². The van der Waals surface area contributed by atoms with Crippen LogP contribution in [-0.2, 0) is 33.0 Å². The van der Waals surface area contributed by atoms with Gasteiger partial charge in [0.2, 0.25) is 5.88 Å². The van der Waals surface area contributed by atoms with Crippen LogP contribution in [-0.4, -0.2) is 58.8 Å². The minimum Gasteiger partial charge on any atom is -0.479 e. The Bertz CT molecular complexity index is 1030. The number of pyridine rings is 1. The van der Waals surface area contributed by atoms with E-state index in [2.05, 4.69) is 28.6 Å². The second-order valence-corrected chi connectivity index (χ2v) is 10.4. The van der Waals surface area contributed by atoms with Crippen molar-refractivity contribution in [2.75, 3.05) is 45.2 Å².